The van der Waals surface area contributed by atoms with E-state index in [-0.39, 0.29) is 17.5 Å². The average Bonchev–Trinajstić information content (AvgIpc) is 3.24. The third-order valence-electron chi connectivity index (χ3n) is 6.17. The second-order valence-corrected chi connectivity index (χ2v) is 7.83. The van der Waals surface area contributed by atoms with Gasteiger partial charge in [0.15, 0.2) is 0 Å². The van der Waals surface area contributed by atoms with E-state index < -0.39 is 0 Å². The number of para-hydroxylation sites is 1. The molecule has 1 heterocycles. The number of carbonyl (C=O) groups excluding carboxylic acids is 1. The van der Waals surface area contributed by atoms with Crippen LogP contribution in [0.4, 0.5) is 0 Å². The van der Waals surface area contributed by atoms with E-state index in [2.05, 4.69) is 6.92 Å². The van der Waals surface area contributed by atoms with E-state index in [9.17, 15) is 9.59 Å². The predicted octanol–water partition coefficient (Wildman–Crippen LogP) is 4.69. The molecule has 2 aromatic rings. The Balaban J connectivity index is 1.91. The number of hydrogen-bond acceptors (Lipinski definition) is 3. The molecule has 1 saturated carbocycles. The van der Waals surface area contributed by atoms with Crippen LogP contribution in [0.3, 0.4) is 0 Å². The molecule has 0 bridgehead atoms. The third kappa shape index (κ3) is 4.13. The van der Waals surface area contributed by atoms with Crippen molar-refractivity contribution in [3.63, 3.8) is 0 Å². The number of aromatic nitrogens is 2. The van der Waals surface area contributed by atoms with Crippen LogP contribution in [0.2, 0.25) is 0 Å². The molecule has 1 aliphatic rings. The lowest BCUT2D eigenvalue weighted by Crippen LogP contribution is -2.38. The molecule has 1 unspecified atom stereocenters. The van der Waals surface area contributed by atoms with Crippen LogP contribution >= 0.6 is 0 Å². The van der Waals surface area contributed by atoms with Crippen LogP contribution in [-0.4, -0.2) is 26.9 Å². The number of fused-ring (bicyclic) bond motifs is 1. The molecule has 28 heavy (non-hydrogen) atoms. The molecule has 0 radical (unpaired) electrons. The molecular weight excluding hydrogens is 350 g/mol. The molecule has 1 amide bonds. The van der Waals surface area contributed by atoms with Crippen molar-refractivity contribution >= 4 is 16.8 Å². The molecular formula is C23H33N3O2. The van der Waals surface area contributed by atoms with Crippen molar-refractivity contribution in [1.82, 2.24) is 14.5 Å². The van der Waals surface area contributed by atoms with Crippen molar-refractivity contribution in [2.24, 2.45) is 5.92 Å². The molecule has 1 fully saturated rings. The van der Waals surface area contributed by atoms with Gasteiger partial charge in [-0.05, 0) is 44.7 Å². The monoisotopic (exact) mass is 383 g/mol. The second kappa shape index (κ2) is 9.35. The first-order chi connectivity index (χ1) is 13.6. The van der Waals surface area contributed by atoms with Crippen molar-refractivity contribution in [3.8, 4) is 0 Å². The summed E-state index contributed by atoms with van der Waals surface area (Å²) in [7, 11) is 0. The number of carbonyl (C=O) groups is 1. The largest absolute Gasteiger partial charge is 0.333 e. The van der Waals surface area contributed by atoms with E-state index in [0.717, 1.165) is 12.8 Å². The van der Waals surface area contributed by atoms with Crippen LogP contribution in [0.1, 0.15) is 77.6 Å². The van der Waals surface area contributed by atoms with Gasteiger partial charge in [-0.15, -0.1) is 0 Å². The highest BCUT2D eigenvalue weighted by Gasteiger charge is 2.27. The normalized spacial score (nSPS) is 15.8. The molecule has 152 valence electrons. The van der Waals surface area contributed by atoms with Crippen molar-refractivity contribution in [1.29, 1.82) is 0 Å². The summed E-state index contributed by atoms with van der Waals surface area (Å²) in [6.45, 7) is 7.24. The molecule has 0 spiro atoms. The quantitative estimate of drug-likeness (QED) is 0.665. The fourth-order valence-corrected chi connectivity index (χ4v) is 4.63. The lowest BCUT2D eigenvalue weighted by Gasteiger charge is -2.31. The highest BCUT2D eigenvalue weighted by atomic mass is 16.2. The molecule has 0 saturated heterocycles. The van der Waals surface area contributed by atoms with E-state index in [0.29, 0.717) is 42.2 Å². The Bertz CT molecular complexity index is 868. The van der Waals surface area contributed by atoms with Crippen molar-refractivity contribution in [3.05, 3.63) is 40.4 Å². The van der Waals surface area contributed by atoms with Crippen LogP contribution < -0.4 is 5.56 Å². The Labute approximate surface area is 167 Å². The van der Waals surface area contributed by atoms with Crippen LogP contribution in [0.15, 0.2) is 29.1 Å². The van der Waals surface area contributed by atoms with Gasteiger partial charge in [0, 0.05) is 19.5 Å². The van der Waals surface area contributed by atoms with Gasteiger partial charge in [-0.25, -0.2) is 4.98 Å². The Morgan fingerprint density at radius 1 is 1.21 bits per heavy atom. The Kier molecular flexibility index (Phi) is 6.87. The highest BCUT2D eigenvalue weighted by molar-refractivity contribution is 5.78. The summed E-state index contributed by atoms with van der Waals surface area (Å²) in [5.74, 6) is 1.60. The van der Waals surface area contributed by atoms with E-state index in [1.54, 1.807) is 4.57 Å². The van der Waals surface area contributed by atoms with Crippen molar-refractivity contribution in [2.45, 2.75) is 78.3 Å². The zero-order valence-corrected chi connectivity index (χ0v) is 17.5. The molecule has 0 aliphatic heterocycles. The fraction of sp³-hybridized carbons (Fsp3) is 0.609. The lowest BCUT2D eigenvalue weighted by molar-refractivity contribution is -0.134. The van der Waals surface area contributed by atoms with Gasteiger partial charge in [0.1, 0.15) is 5.82 Å². The van der Waals surface area contributed by atoms with E-state index in [4.69, 9.17) is 4.98 Å². The maximum absolute atomic E-state index is 13.1. The molecule has 1 aromatic carbocycles. The van der Waals surface area contributed by atoms with Crippen molar-refractivity contribution < 1.29 is 4.79 Å². The topological polar surface area (TPSA) is 55.2 Å². The molecule has 5 heteroatoms. The molecule has 1 atom stereocenters. The lowest BCUT2D eigenvalue weighted by atomic mass is 10.0. The summed E-state index contributed by atoms with van der Waals surface area (Å²) >= 11 is 0. The standard InChI is InChI=1S/C23H33N3O2/c1-4-20(25(5-2)21(27)16-15-17-11-7-8-12-17)22-24-19-14-10-9-13-18(19)23(28)26(22)6-3/h9-10,13-14,17,20H,4-8,11-12,15-16H2,1-3H3. The first-order valence-corrected chi connectivity index (χ1v) is 10.9. The first-order valence-electron chi connectivity index (χ1n) is 10.9. The number of amides is 1. The minimum atomic E-state index is -0.168. The SMILES string of the molecule is CCC(c1nc2ccccc2c(=O)n1CC)N(CC)C(=O)CCC1CCCC1. The zero-order valence-electron chi connectivity index (χ0n) is 17.5. The molecule has 5 nitrogen and oxygen atoms in total. The molecule has 0 N–H and O–H groups in total. The zero-order chi connectivity index (χ0) is 20.1. The minimum absolute atomic E-state index is 0.0176. The van der Waals surface area contributed by atoms with Crippen LogP contribution in [0.25, 0.3) is 10.9 Å². The van der Waals surface area contributed by atoms with Crippen LogP contribution in [-0.2, 0) is 11.3 Å². The van der Waals surface area contributed by atoms with Crippen LogP contribution in [0, 0.1) is 5.92 Å². The van der Waals surface area contributed by atoms with Gasteiger partial charge in [-0.3, -0.25) is 14.2 Å². The molecule has 3 rings (SSSR count). The summed E-state index contributed by atoms with van der Waals surface area (Å²) in [5, 5.41) is 0.638. The number of rotatable bonds is 8. The summed E-state index contributed by atoms with van der Waals surface area (Å²) in [5.41, 5.74) is 0.691. The number of hydrogen-bond donors (Lipinski definition) is 0. The molecule has 1 aliphatic carbocycles. The van der Waals surface area contributed by atoms with E-state index in [1.165, 1.54) is 25.7 Å². The molecule has 1 aromatic heterocycles. The van der Waals surface area contributed by atoms with Gasteiger partial charge in [0.25, 0.3) is 5.56 Å². The van der Waals surface area contributed by atoms with Gasteiger partial charge in [0.2, 0.25) is 5.91 Å². The van der Waals surface area contributed by atoms with Crippen molar-refractivity contribution in [2.75, 3.05) is 6.54 Å². The summed E-state index contributed by atoms with van der Waals surface area (Å²) in [4.78, 5) is 32.8. The van der Waals surface area contributed by atoms with Crippen LogP contribution in [0.5, 0.6) is 0 Å². The summed E-state index contributed by atoms with van der Waals surface area (Å²) < 4.78 is 1.74. The van der Waals surface area contributed by atoms with Gasteiger partial charge in [-0.1, -0.05) is 44.7 Å². The van der Waals surface area contributed by atoms with Gasteiger partial charge in [0.05, 0.1) is 16.9 Å². The fourth-order valence-electron chi connectivity index (χ4n) is 4.63. The summed E-state index contributed by atoms with van der Waals surface area (Å²) in [6.07, 6.45) is 7.45. The average molecular weight is 384 g/mol. The number of nitrogens with zero attached hydrogens (tertiary/aromatic N) is 3. The Hall–Kier alpha value is -2.17. The van der Waals surface area contributed by atoms with E-state index >= 15 is 0 Å². The maximum Gasteiger partial charge on any atom is 0.261 e. The maximum atomic E-state index is 13.1. The van der Waals surface area contributed by atoms with Gasteiger partial charge < -0.3 is 4.90 Å². The predicted molar refractivity (Wildman–Crippen MR) is 113 cm³/mol. The smallest absolute Gasteiger partial charge is 0.261 e. The second-order valence-electron chi connectivity index (χ2n) is 7.83. The minimum Gasteiger partial charge on any atom is -0.333 e. The Morgan fingerprint density at radius 3 is 2.57 bits per heavy atom. The third-order valence-corrected chi connectivity index (χ3v) is 6.17. The number of benzene rings is 1. The summed E-state index contributed by atoms with van der Waals surface area (Å²) in [6, 6.07) is 7.31. The highest BCUT2D eigenvalue weighted by Crippen LogP contribution is 2.30. The van der Waals surface area contributed by atoms with Gasteiger partial charge >= 0.3 is 0 Å². The Morgan fingerprint density at radius 2 is 1.93 bits per heavy atom. The van der Waals surface area contributed by atoms with E-state index in [1.807, 2.05) is 43.0 Å². The van der Waals surface area contributed by atoms with Gasteiger partial charge in [-0.2, -0.15) is 0 Å². The first kappa shape index (κ1) is 20.6.